The van der Waals surface area contributed by atoms with Crippen LogP contribution >= 0.6 is 0 Å². The van der Waals surface area contributed by atoms with Crippen LogP contribution in [0.3, 0.4) is 0 Å². The van der Waals surface area contributed by atoms with Crippen LogP contribution in [0.2, 0.25) is 0 Å². The molecule has 1 saturated heterocycles. The standard InChI is InChI=1S/C68H108N18O20/c1-10-68(9,85-61(102)47-30-41(88)36-86(47)63(104)37(2)77-49(90)21-22-54(95)96)65(106)82-45(29-40-23-26-72-27-24-40)58(99)74-34-53(94)81-46(31-66(4,5)6)59(100)75-32-50(91)78-42(18-14-15-25-69)60(101)84-67(7,8)64(105)83-55(38(3)87)62(103)76-35-51(92)79-43(19-20-48(70)89)57(98)73-33-52(93)80-44(56(71)97)28-39-16-12-11-13-17-39/h23-24,26-27,37,39,41-47,55,88H,10-22,25,28-36,69H2,1-9H3,(H2,70,89)(H2,71,97)(H,73,98)(H,74,99)(H,75,100)(H,76,103)(H,77,90)(H,78,91)(H,79,92)(H,80,93)(H,81,94)(H,82,106)(H,83,105)(H,84,101)(H,85,102)(H,95,96)/t37-,41?,42?,43?,44?,45?,46?,47?,55-,68-/m0/s1. The number of nitrogens with zero attached hydrogens (tertiary/aromatic N) is 2. The summed E-state index contributed by atoms with van der Waals surface area (Å²) in [6.45, 7) is 9.75. The maximum Gasteiger partial charge on any atom is 0.303 e. The molecule has 1 saturated carbocycles. The summed E-state index contributed by atoms with van der Waals surface area (Å²) in [7, 11) is 0. The van der Waals surface area contributed by atoms with Gasteiger partial charge in [0.05, 0.1) is 38.7 Å². The first-order valence-corrected chi connectivity index (χ1v) is 35.3. The summed E-state index contributed by atoms with van der Waals surface area (Å²) in [6.07, 6.45) is 5.23. The molecule has 0 aromatic carbocycles. The Morgan fingerprint density at radius 1 is 0.594 bits per heavy atom. The molecule has 0 radical (unpaired) electrons. The number of aromatic nitrogens is 1. The zero-order chi connectivity index (χ0) is 79.8. The van der Waals surface area contributed by atoms with Crippen molar-refractivity contribution in [3.63, 3.8) is 0 Å². The largest absolute Gasteiger partial charge is 0.481 e. The number of aliphatic hydroxyl groups is 1. The van der Waals surface area contributed by atoms with Crippen LogP contribution in [-0.2, 0) is 92.7 Å². The van der Waals surface area contributed by atoms with E-state index in [1.165, 1.54) is 40.1 Å². The van der Waals surface area contributed by atoms with Crippen LogP contribution in [0.5, 0.6) is 0 Å². The lowest BCUT2D eigenvalue weighted by atomic mass is 9.84. The third-order valence-corrected chi connectivity index (χ3v) is 17.6. The van der Waals surface area contributed by atoms with Crippen LogP contribution in [0.4, 0.5) is 0 Å². The summed E-state index contributed by atoms with van der Waals surface area (Å²) in [5.74, 6) is -16.3. The van der Waals surface area contributed by atoms with Crippen LogP contribution in [0.1, 0.15) is 171 Å². The SMILES string of the molecule is CC[C@](C)(NC(=O)C1CC(O)CN1C(=O)[C@H](C)NC(=O)CCC(=O)O)C(=O)NC(Cc1ccncc1)C(=O)NCC(=O)NC(CC(C)(C)C)C(=O)NCC(=O)NC(CCCCN)C(=O)NC(C)(C)C(=O)N[C@@H](C(C)=O)C(=O)NCC(=O)NC(CCC(N)=O)C(=O)NCC(=O)NC(CC1CCCCC1)C(N)=O. The molecule has 38 nitrogen and oxygen atoms in total. The number of ketones is 1. The summed E-state index contributed by atoms with van der Waals surface area (Å²) >= 11 is 0. The lowest BCUT2D eigenvalue weighted by molar-refractivity contribution is -0.143. The second kappa shape index (κ2) is 43.2. The van der Waals surface area contributed by atoms with Crippen molar-refractivity contribution in [1.82, 2.24) is 79.0 Å². The number of hydrogen-bond acceptors (Lipinski definition) is 21. The van der Waals surface area contributed by atoms with Crippen molar-refractivity contribution >= 4 is 106 Å². The molecule has 10 atom stereocenters. The number of carbonyl (C=O) groups is 18. The zero-order valence-corrected chi connectivity index (χ0v) is 61.7. The minimum Gasteiger partial charge on any atom is -0.481 e. The summed E-state index contributed by atoms with van der Waals surface area (Å²) < 4.78 is 0. The maximum absolute atomic E-state index is 14.2. The minimum atomic E-state index is -1.96. The van der Waals surface area contributed by atoms with Crippen molar-refractivity contribution in [3.05, 3.63) is 30.1 Å². The number of aliphatic carboxylic acids is 1. The second-order valence-electron chi connectivity index (χ2n) is 28.5. The molecule has 0 spiro atoms. The number of aliphatic hydroxyl groups excluding tert-OH is 1. The monoisotopic (exact) mass is 1500 g/mol. The number of pyridine rings is 1. The topological polar surface area (TPSA) is 598 Å². The number of likely N-dealkylation sites (tertiary alicyclic amines) is 1. The van der Waals surface area contributed by atoms with E-state index in [0.717, 1.165) is 43.9 Å². The van der Waals surface area contributed by atoms with Gasteiger partial charge in [-0.2, -0.15) is 0 Å². The summed E-state index contributed by atoms with van der Waals surface area (Å²) in [5, 5.41) is 51.2. The fourth-order valence-corrected chi connectivity index (χ4v) is 11.5. The number of carboxylic acids is 1. The second-order valence-corrected chi connectivity index (χ2v) is 28.5. The van der Waals surface area contributed by atoms with E-state index in [0.29, 0.717) is 18.4 Å². The van der Waals surface area contributed by atoms with Crippen molar-refractivity contribution < 1.29 is 96.5 Å². The summed E-state index contributed by atoms with van der Waals surface area (Å²) in [4.78, 5) is 242. The van der Waals surface area contributed by atoms with Crippen molar-refractivity contribution in [2.24, 2.45) is 28.5 Å². The molecule has 2 aliphatic rings. The lowest BCUT2D eigenvalue weighted by Gasteiger charge is -2.33. The van der Waals surface area contributed by atoms with Gasteiger partial charge in [-0.3, -0.25) is 91.3 Å². The van der Waals surface area contributed by atoms with Gasteiger partial charge in [0.2, 0.25) is 88.6 Å². The van der Waals surface area contributed by atoms with E-state index >= 15 is 0 Å². The van der Waals surface area contributed by atoms with Gasteiger partial charge in [0, 0.05) is 44.6 Å². The molecule has 2 fully saturated rings. The Bertz CT molecular complexity index is 3330. The third-order valence-electron chi connectivity index (χ3n) is 17.6. The molecule has 590 valence electrons. The Kier molecular flexibility index (Phi) is 36.7. The number of nitrogens with two attached hydrogens (primary N) is 3. The van der Waals surface area contributed by atoms with Crippen molar-refractivity contribution in [1.29, 1.82) is 0 Å². The first-order valence-electron chi connectivity index (χ1n) is 35.3. The molecule has 1 aromatic heterocycles. The highest BCUT2D eigenvalue weighted by atomic mass is 16.4. The van der Waals surface area contributed by atoms with Gasteiger partial charge < -0.3 is 101 Å². The fraction of sp³-hybridized carbons (Fsp3) is 0.662. The molecule has 1 aliphatic carbocycles. The van der Waals surface area contributed by atoms with E-state index in [9.17, 15) is 91.4 Å². The highest BCUT2D eigenvalue weighted by Gasteiger charge is 2.45. The Morgan fingerprint density at radius 3 is 1.62 bits per heavy atom. The van der Waals surface area contributed by atoms with Crippen molar-refractivity contribution in [2.75, 3.05) is 39.3 Å². The summed E-state index contributed by atoms with van der Waals surface area (Å²) in [6, 6.07) is -7.98. The Balaban J connectivity index is 1.66. The molecular weight excluding hydrogens is 1390 g/mol. The first kappa shape index (κ1) is 89.9. The van der Waals surface area contributed by atoms with Gasteiger partial charge in [-0.25, -0.2) is 0 Å². The normalized spacial score (nSPS) is 17.0. The molecular formula is C68H108N18O20. The van der Waals surface area contributed by atoms with Crippen LogP contribution < -0.4 is 86.3 Å². The van der Waals surface area contributed by atoms with Crippen LogP contribution in [0, 0.1) is 11.3 Å². The Morgan fingerprint density at radius 2 is 1.11 bits per heavy atom. The molecule has 3 rings (SSSR count). The maximum atomic E-state index is 14.2. The molecule has 16 amide bonds. The Labute approximate surface area is 614 Å². The molecule has 2 heterocycles. The number of carbonyl (C=O) groups excluding carboxylic acids is 17. The van der Waals surface area contributed by atoms with E-state index < -0.39 is 223 Å². The first-order chi connectivity index (χ1) is 49.6. The zero-order valence-electron chi connectivity index (χ0n) is 61.7. The summed E-state index contributed by atoms with van der Waals surface area (Å²) in [5.41, 5.74) is 12.7. The quantitative estimate of drug-likeness (QED) is 0.0214. The smallest absolute Gasteiger partial charge is 0.303 e. The molecule has 7 unspecified atom stereocenters. The number of hydrogen-bond donors (Lipinski definition) is 18. The Hall–Kier alpha value is -10.3. The van der Waals surface area contributed by atoms with E-state index in [2.05, 4.69) is 74.1 Å². The average molecular weight is 1500 g/mol. The van der Waals surface area contributed by atoms with Gasteiger partial charge in [0.25, 0.3) is 5.91 Å². The van der Waals surface area contributed by atoms with E-state index in [1.807, 2.05) is 0 Å². The van der Waals surface area contributed by atoms with Crippen molar-refractivity contribution in [3.8, 4) is 0 Å². The third kappa shape index (κ3) is 32.0. The van der Waals surface area contributed by atoms with Crippen LogP contribution in [-0.4, -0.2) is 231 Å². The van der Waals surface area contributed by atoms with Gasteiger partial charge in [-0.1, -0.05) is 59.8 Å². The molecule has 21 N–H and O–H groups in total. The minimum absolute atomic E-state index is 0.0196. The number of Topliss-reactive ketones (excluding diaryl/α,β-unsaturated/α-hetero) is 1. The predicted molar refractivity (Wildman–Crippen MR) is 378 cm³/mol. The number of unbranched alkanes of at least 4 members (excludes halogenated alkanes) is 1. The van der Waals surface area contributed by atoms with Crippen LogP contribution in [0.25, 0.3) is 0 Å². The molecule has 38 heteroatoms. The van der Waals surface area contributed by atoms with E-state index in [-0.39, 0.29) is 64.0 Å². The number of carboxylic acid groups (broad SMARTS) is 1. The van der Waals surface area contributed by atoms with E-state index in [4.69, 9.17) is 22.3 Å². The van der Waals surface area contributed by atoms with Crippen molar-refractivity contribution in [2.45, 2.75) is 237 Å². The predicted octanol–water partition coefficient (Wildman–Crippen LogP) is -5.62. The van der Waals surface area contributed by atoms with Gasteiger partial charge in [0.1, 0.15) is 53.4 Å². The van der Waals surface area contributed by atoms with Gasteiger partial charge in [-0.05, 0) is 115 Å². The molecule has 106 heavy (non-hydrogen) atoms. The molecule has 1 aliphatic heterocycles. The van der Waals surface area contributed by atoms with Crippen LogP contribution in [0.15, 0.2) is 24.5 Å². The highest BCUT2D eigenvalue weighted by Crippen LogP contribution is 2.28. The van der Waals surface area contributed by atoms with Gasteiger partial charge >= 0.3 is 5.97 Å². The average Bonchev–Trinajstić information content (AvgIpc) is 1.36. The number of nitrogens with one attached hydrogen (secondary N) is 13. The van der Waals surface area contributed by atoms with E-state index in [1.54, 1.807) is 39.8 Å². The number of amides is 16. The number of primary amides is 2. The fourth-order valence-electron chi connectivity index (χ4n) is 11.5. The number of rotatable bonds is 44. The van der Waals surface area contributed by atoms with Gasteiger partial charge in [-0.15, -0.1) is 0 Å². The molecule has 1 aromatic rings. The lowest BCUT2D eigenvalue weighted by Crippen LogP contribution is -2.63. The number of β-amino-alcohol motifs (C(OH)–C–C–N with tert-alkyl or cyclic N) is 1. The highest BCUT2D eigenvalue weighted by molar-refractivity contribution is 6.09. The van der Waals surface area contributed by atoms with Gasteiger partial charge in [0.15, 0.2) is 11.8 Å². The molecule has 0 bridgehead atoms.